The zero-order valence-electron chi connectivity index (χ0n) is 12.3. The Balaban J connectivity index is 4.58. The van der Waals surface area contributed by atoms with Crippen molar-refractivity contribution in [3.05, 3.63) is 0 Å². The Hall–Kier alpha value is -0.520. The van der Waals surface area contributed by atoms with Crippen molar-refractivity contribution in [3.8, 4) is 11.8 Å². The van der Waals surface area contributed by atoms with Crippen LogP contribution in [0.5, 0.6) is 0 Å². The number of ether oxygens (including phenoxy) is 1. The number of hydrogen-bond donors (Lipinski definition) is 1. The third-order valence-electron chi connectivity index (χ3n) is 3.09. The van der Waals surface area contributed by atoms with E-state index in [0.717, 1.165) is 12.8 Å². The minimum absolute atomic E-state index is 0.0134. The van der Waals surface area contributed by atoms with Crippen LogP contribution in [0.15, 0.2) is 0 Å². The molecule has 100 valence electrons. The van der Waals surface area contributed by atoms with Gasteiger partial charge < -0.3 is 9.84 Å². The first kappa shape index (κ1) is 16.5. The highest BCUT2D eigenvalue weighted by atomic mass is 16.5. The standard InChI is InChI=1S/C15H28O2/c1-7-15(16,8-2)12-10-11-13(17-9-3)14(4,5)6/h13,16H,7-9,12H2,1-6H3/t13-/m1/s1. The van der Waals surface area contributed by atoms with Gasteiger partial charge in [0.1, 0.15) is 6.10 Å². The van der Waals surface area contributed by atoms with E-state index in [1.165, 1.54) is 0 Å². The summed E-state index contributed by atoms with van der Waals surface area (Å²) >= 11 is 0. The summed E-state index contributed by atoms with van der Waals surface area (Å²) in [6.45, 7) is 13.0. The normalized spacial score (nSPS) is 14.1. The molecule has 0 saturated heterocycles. The molecule has 0 aromatic heterocycles. The highest BCUT2D eigenvalue weighted by Gasteiger charge is 2.24. The average molecular weight is 240 g/mol. The topological polar surface area (TPSA) is 29.5 Å². The summed E-state index contributed by atoms with van der Waals surface area (Å²) in [6, 6.07) is 0. The van der Waals surface area contributed by atoms with Crippen molar-refractivity contribution in [2.45, 2.75) is 72.5 Å². The van der Waals surface area contributed by atoms with E-state index in [9.17, 15) is 5.11 Å². The van der Waals surface area contributed by atoms with Crippen molar-refractivity contribution >= 4 is 0 Å². The van der Waals surface area contributed by atoms with E-state index in [1.807, 2.05) is 20.8 Å². The molecule has 0 rings (SSSR count). The van der Waals surface area contributed by atoms with E-state index in [0.29, 0.717) is 13.0 Å². The Morgan fingerprint density at radius 3 is 2.00 bits per heavy atom. The summed E-state index contributed by atoms with van der Waals surface area (Å²) in [5.41, 5.74) is -0.624. The van der Waals surface area contributed by atoms with E-state index in [4.69, 9.17) is 4.74 Å². The fourth-order valence-electron chi connectivity index (χ4n) is 1.48. The predicted octanol–water partition coefficient (Wildman–Crippen LogP) is 3.38. The second-order valence-corrected chi connectivity index (χ2v) is 5.63. The van der Waals surface area contributed by atoms with Gasteiger partial charge >= 0.3 is 0 Å². The van der Waals surface area contributed by atoms with Gasteiger partial charge in [0, 0.05) is 13.0 Å². The van der Waals surface area contributed by atoms with Crippen LogP contribution in [0.25, 0.3) is 0 Å². The van der Waals surface area contributed by atoms with Crippen molar-refractivity contribution in [3.63, 3.8) is 0 Å². The van der Waals surface area contributed by atoms with Crippen LogP contribution >= 0.6 is 0 Å². The monoisotopic (exact) mass is 240 g/mol. The number of aliphatic hydroxyl groups is 1. The molecular formula is C15H28O2. The molecule has 0 heterocycles. The van der Waals surface area contributed by atoms with E-state index in [1.54, 1.807) is 0 Å². The smallest absolute Gasteiger partial charge is 0.122 e. The quantitative estimate of drug-likeness (QED) is 0.746. The Kier molecular flexibility index (Phi) is 6.82. The lowest BCUT2D eigenvalue weighted by Crippen LogP contribution is -2.29. The summed E-state index contributed by atoms with van der Waals surface area (Å²) in [6.07, 6.45) is 1.95. The Labute approximate surface area is 107 Å². The summed E-state index contributed by atoms with van der Waals surface area (Å²) in [7, 11) is 0. The van der Waals surface area contributed by atoms with Gasteiger partial charge in [0.15, 0.2) is 0 Å². The average Bonchev–Trinajstić information content (AvgIpc) is 2.26. The van der Waals surface area contributed by atoms with Gasteiger partial charge in [0.05, 0.1) is 5.60 Å². The maximum Gasteiger partial charge on any atom is 0.122 e. The molecule has 2 nitrogen and oxygen atoms in total. The first-order valence-electron chi connectivity index (χ1n) is 6.61. The largest absolute Gasteiger partial charge is 0.389 e. The summed E-state index contributed by atoms with van der Waals surface area (Å²) in [4.78, 5) is 0. The molecule has 0 fully saturated rings. The zero-order valence-corrected chi connectivity index (χ0v) is 12.3. The van der Waals surface area contributed by atoms with E-state index in [-0.39, 0.29) is 11.5 Å². The summed E-state index contributed by atoms with van der Waals surface area (Å²) in [5, 5.41) is 10.1. The third-order valence-corrected chi connectivity index (χ3v) is 3.09. The maximum atomic E-state index is 10.1. The molecule has 0 aromatic carbocycles. The molecule has 17 heavy (non-hydrogen) atoms. The first-order chi connectivity index (χ1) is 7.79. The van der Waals surface area contributed by atoms with Crippen LogP contribution in [-0.2, 0) is 4.74 Å². The Morgan fingerprint density at radius 2 is 1.65 bits per heavy atom. The second-order valence-electron chi connectivity index (χ2n) is 5.63. The van der Waals surface area contributed by atoms with Gasteiger partial charge in [-0.25, -0.2) is 0 Å². The zero-order chi connectivity index (χ0) is 13.5. The Bertz CT molecular complexity index is 261. The highest BCUT2D eigenvalue weighted by Crippen LogP contribution is 2.22. The molecule has 0 bridgehead atoms. The highest BCUT2D eigenvalue weighted by molar-refractivity contribution is 5.11. The van der Waals surface area contributed by atoms with Gasteiger partial charge in [-0.1, -0.05) is 46.5 Å². The molecule has 0 amide bonds. The molecule has 0 aliphatic rings. The van der Waals surface area contributed by atoms with Gasteiger partial charge in [-0.15, -0.1) is 0 Å². The van der Waals surface area contributed by atoms with Gasteiger partial charge in [-0.05, 0) is 25.2 Å². The van der Waals surface area contributed by atoms with Crippen molar-refractivity contribution in [2.75, 3.05) is 6.61 Å². The molecule has 0 radical (unpaired) electrons. The first-order valence-corrected chi connectivity index (χ1v) is 6.61. The lowest BCUT2D eigenvalue weighted by molar-refractivity contribution is 0.0275. The second kappa shape index (κ2) is 7.03. The van der Waals surface area contributed by atoms with E-state index >= 15 is 0 Å². The van der Waals surface area contributed by atoms with Crippen molar-refractivity contribution in [2.24, 2.45) is 5.41 Å². The lowest BCUT2D eigenvalue weighted by Gasteiger charge is -2.26. The van der Waals surface area contributed by atoms with Gasteiger partial charge in [0.2, 0.25) is 0 Å². The predicted molar refractivity (Wildman–Crippen MR) is 72.8 cm³/mol. The fourth-order valence-corrected chi connectivity index (χ4v) is 1.48. The van der Waals surface area contributed by atoms with Crippen LogP contribution in [0.4, 0.5) is 0 Å². The van der Waals surface area contributed by atoms with Crippen LogP contribution in [0.2, 0.25) is 0 Å². The van der Waals surface area contributed by atoms with E-state index in [2.05, 4.69) is 32.6 Å². The molecular weight excluding hydrogens is 212 g/mol. The van der Waals surface area contributed by atoms with E-state index < -0.39 is 5.60 Å². The molecule has 0 aliphatic heterocycles. The molecule has 2 heteroatoms. The van der Waals surface area contributed by atoms with Crippen LogP contribution in [0.3, 0.4) is 0 Å². The molecule has 0 aromatic rings. The Morgan fingerprint density at radius 1 is 1.12 bits per heavy atom. The van der Waals surface area contributed by atoms with Crippen LogP contribution in [0, 0.1) is 17.3 Å². The summed E-state index contributed by atoms with van der Waals surface area (Å²) < 4.78 is 5.63. The minimum Gasteiger partial charge on any atom is -0.389 e. The minimum atomic E-state index is -0.637. The number of hydrogen-bond acceptors (Lipinski definition) is 2. The van der Waals surface area contributed by atoms with Crippen molar-refractivity contribution in [1.82, 2.24) is 0 Å². The molecule has 1 atom stereocenters. The fraction of sp³-hybridized carbons (Fsp3) is 0.867. The maximum absolute atomic E-state index is 10.1. The van der Waals surface area contributed by atoms with Crippen LogP contribution in [0.1, 0.15) is 60.8 Å². The lowest BCUT2D eigenvalue weighted by atomic mass is 9.88. The molecule has 0 saturated carbocycles. The summed E-state index contributed by atoms with van der Waals surface area (Å²) in [5.74, 6) is 6.25. The van der Waals surface area contributed by atoms with Crippen molar-refractivity contribution < 1.29 is 9.84 Å². The molecule has 0 unspecified atom stereocenters. The number of rotatable bonds is 5. The van der Waals surface area contributed by atoms with Crippen LogP contribution in [-0.4, -0.2) is 23.4 Å². The molecule has 0 spiro atoms. The molecule has 1 N–H and O–H groups in total. The third kappa shape index (κ3) is 6.10. The van der Waals surface area contributed by atoms with Crippen molar-refractivity contribution in [1.29, 1.82) is 0 Å². The van der Waals surface area contributed by atoms with Gasteiger partial charge in [-0.2, -0.15) is 0 Å². The van der Waals surface area contributed by atoms with Crippen LogP contribution < -0.4 is 0 Å². The SMILES string of the molecule is CCO[C@H](C#CCC(O)(CC)CC)C(C)(C)C. The van der Waals surface area contributed by atoms with Gasteiger partial charge in [-0.3, -0.25) is 0 Å². The molecule has 0 aliphatic carbocycles. The van der Waals surface area contributed by atoms with Gasteiger partial charge in [0.25, 0.3) is 0 Å².